The summed E-state index contributed by atoms with van der Waals surface area (Å²) in [7, 11) is 1.37. The van der Waals surface area contributed by atoms with Crippen LogP contribution < -0.4 is 10.6 Å². The highest BCUT2D eigenvalue weighted by Crippen LogP contribution is 2.28. The summed E-state index contributed by atoms with van der Waals surface area (Å²) in [5.41, 5.74) is 1.30. The Morgan fingerprint density at radius 1 is 1.19 bits per heavy atom. The number of pyridine rings is 1. The van der Waals surface area contributed by atoms with E-state index in [2.05, 4.69) is 5.10 Å². The maximum absolute atomic E-state index is 12.8. The second-order valence-corrected chi connectivity index (χ2v) is 5.91. The molecule has 0 radical (unpaired) electrons. The number of nitriles is 1. The fourth-order valence-corrected chi connectivity index (χ4v) is 2.78. The van der Waals surface area contributed by atoms with E-state index in [0.717, 1.165) is 4.57 Å². The molecule has 130 valence electrons. The molecule has 3 rings (SSSR count). The number of rotatable bonds is 2. The smallest absolute Gasteiger partial charge is 0.280 e. The van der Waals surface area contributed by atoms with Crippen molar-refractivity contribution in [2.24, 2.45) is 12.1 Å². The van der Waals surface area contributed by atoms with Crippen LogP contribution in [0.25, 0.3) is 6.08 Å². The topological polar surface area (TPSA) is 98.7 Å². The number of aromatic hydroxyl groups is 1. The van der Waals surface area contributed by atoms with Gasteiger partial charge in [-0.25, -0.2) is 0 Å². The van der Waals surface area contributed by atoms with Crippen LogP contribution in [0.2, 0.25) is 0 Å². The van der Waals surface area contributed by atoms with Crippen LogP contribution in [0.15, 0.2) is 45.8 Å². The second kappa shape index (κ2) is 6.33. The molecule has 0 saturated heterocycles. The van der Waals surface area contributed by atoms with E-state index >= 15 is 0 Å². The van der Waals surface area contributed by atoms with Gasteiger partial charge < -0.3 is 5.11 Å². The maximum atomic E-state index is 12.8. The van der Waals surface area contributed by atoms with Crippen molar-refractivity contribution in [1.82, 2.24) is 4.57 Å². The van der Waals surface area contributed by atoms with Gasteiger partial charge >= 0.3 is 0 Å². The van der Waals surface area contributed by atoms with E-state index in [9.17, 15) is 20.0 Å². The Balaban J connectivity index is 2.15. The van der Waals surface area contributed by atoms with Crippen LogP contribution in [0, 0.1) is 18.3 Å². The zero-order valence-corrected chi connectivity index (χ0v) is 14.5. The van der Waals surface area contributed by atoms with Gasteiger partial charge in [0.05, 0.1) is 17.0 Å². The Labute approximate surface area is 149 Å². The number of nitrogens with zero attached hydrogens (tertiary/aromatic N) is 4. The number of carbonyl (C=O) groups excluding carboxylic acids is 1. The lowest BCUT2D eigenvalue weighted by molar-refractivity contribution is -0.114. The molecule has 2 aromatic rings. The summed E-state index contributed by atoms with van der Waals surface area (Å²) in [6, 6.07) is 10.8. The molecule has 0 saturated carbocycles. The molecule has 1 aliphatic rings. The van der Waals surface area contributed by atoms with Crippen molar-refractivity contribution < 1.29 is 9.90 Å². The average Bonchev–Trinajstić information content (AvgIpc) is 2.92. The van der Waals surface area contributed by atoms with Gasteiger partial charge in [0.1, 0.15) is 11.6 Å². The molecule has 0 unspecified atom stereocenters. The van der Waals surface area contributed by atoms with Crippen LogP contribution in [-0.4, -0.2) is 21.3 Å². The van der Waals surface area contributed by atoms with E-state index in [1.54, 1.807) is 38.1 Å². The molecule has 7 nitrogen and oxygen atoms in total. The lowest BCUT2D eigenvalue weighted by Crippen LogP contribution is -2.23. The first-order valence-electron chi connectivity index (χ1n) is 7.86. The van der Waals surface area contributed by atoms with Gasteiger partial charge in [0, 0.05) is 12.6 Å². The van der Waals surface area contributed by atoms with Crippen molar-refractivity contribution in [3.05, 3.63) is 62.9 Å². The lowest BCUT2D eigenvalue weighted by atomic mass is 10.0. The van der Waals surface area contributed by atoms with Gasteiger partial charge in [-0.15, -0.1) is 0 Å². The molecule has 7 heteroatoms. The molecule has 1 amide bonds. The quantitative estimate of drug-likeness (QED) is 0.840. The van der Waals surface area contributed by atoms with Crippen LogP contribution in [0.5, 0.6) is 5.88 Å². The predicted octanol–water partition coefficient (Wildman–Crippen LogP) is 2.08. The second-order valence-electron chi connectivity index (χ2n) is 5.91. The van der Waals surface area contributed by atoms with Crippen molar-refractivity contribution >= 4 is 23.4 Å². The summed E-state index contributed by atoms with van der Waals surface area (Å²) in [6.07, 6.45) is 1.47. The molecule has 1 aliphatic heterocycles. The molecule has 2 heterocycles. The summed E-state index contributed by atoms with van der Waals surface area (Å²) in [5.74, 6) is -0.655. The van der Waals surface area contributed by atoms with Gasteiger partial charge in [0.25, 0.3) is 11.5 Å². The fourth-order valence-electron chi connectivity index (χ4n) is 2.78. The Bertz CT molecular complexity index is 1070. The summed E-state index contributed by atoms with van der Waals surface area (Å²) in [6.45, 7) is 3.25. The van der Waals surface area contributed by atoms with E-state index in [1.807, 2.05) is 12.1 Å². The largest absolute Gasteiger partial charge is 0.494 e. The molecule has 0 atom stereocenters. The Morgan fingerprint density at radius 2 is 1.85 bits per heavy atom. The van der Waals surface area contributed by atoms with E-state index in [4.69, 9.17) is 0 Å². The van der Waals surface area contributed by atoms with E-state index < -0.39 is 5.56 Å². The number of benzene rings is 1. The SMILES string of the molecule is CC1=NN(c2ccccc2)C(=O)C1=Cc1c(C)c(C#N)c(=O)n(C)c1O. The third-order valence-corrected chi connectivity index (χ3v) is 4.32. The molecule has 1 aromatic heterocycles. The summed E-state index contributed by atoms with van der Waals surface area (Å²) >= 11 is 0. The van der Waals surface area contributed by atoms with Crippen LogP contribution >= 0.6 is 0 Å². The predicted molar refractivity (Wildman–Crippen MR) is 97.8 cm³/mol. The van der Waals surface area contributed by atoms with Crippen molar-refractivity contribution in [3.8, 4) is 11.9 Å². The zero-order chi connectivity index (χ0) is 19.0. The Morgan fingerprint density at radius 3 is 2.46 bits per heavy atom. The number of hydrogen-bond acceptors (Lipinski definition) is 5. The fraction of sp³-hybridized carbons (Fsp3) is 0.158. The van der Waals surface area contributed by atoms with Crippen molar-refractivity contribution in [1.29, 1.82) is 5.26 Å². The third-order valence-electron chi connectivity index (χ3n) is 4.32. The van der Waals surface area contributed by atoms with E-state index in [-0.39, 0.29) is 28.5 Å². The first kappa shape index (κ1) is 17.2. The lowest BCUT2D eigenvalue weighted by Gasteiger charge is -2.12. The monoisotopic (exact) mass is 348 g/mol. The number of anilines is 1. The standard InChI is InChI=1S/C19H16N4O3/c1-11-14(17(24)22(3)18(25)16(11)10-20)9-15-12(2)21-23(19(15)26)13-7-5-4-6-8-13/h4-9,24H,1-3H3. The maximum Gasteiger partial charge on any atom is 0.280 e. The summed E-state index contributed by atoms with van der Waals surface area (Å²) < 4.78 is 0.985. The molecule has 0 bridgehead atoms. The minimum atomic E-state index is -0.585. The molecular formula is C19H16N4O3. The van der Waals surface area contributed by atoms with Gasteiger partial charge in [-0.3, -0.25) is 14.2 Å². The molecular weight excluding hydrogens is 332 g/mol. The van der Waals surface area contributed by atoms with Crippen molar-refractivity contribution in [2.45, 2.75) is 13.8 Å². The number of aromatic nitrogens is 1. The zero-order valence-electron chi connectivity index (χ0n) is 14.5. The number of hydrogen-bond donors (Lipinski definition) is 1. The number of carbonyl (C=O) groups is 1. The Kier molecular flexibility index (Phi) is 4.18. The van der Waals surface area contributed by atoms with Gasteiger partial charge in [-0.05, 0) is 37.6 Å². The molecule has 26 heavy (non-hydrogen) atoms. The van der Waals surface area contributed by atoms with Gasteiger partial charge in [0.15, 0.2) is 0 Å². The van der Waals surface area contributed by atoms with Crippen LogP contribution in [0.3, 0.4) is 0 Å². The molecule has 1 N–H and O–H groups in total. The highest BCUT2D eigenvalue weighted by atomic mass is 16.3. The minimum absolute atomic E-state index is 0.0721. The van der Waals surface area contributed by atoms with Crippen LogP contribution in [0.4, 0.5) is 5.69 Å². The van der Waals surface area contributed by atoms with E-state index in [0.29, 0.717) is 17.0 Å². The van der Waals surface area contributed by atoms with Gasteiger partial charge in [-0.2, -0.15) is 15.4 Å². The number of para-hydroxylation sites is 1. The van der Waals surface area contributed by atoms with E-state index in [1.165, 1.54) is 18.1 Å². The molecule has 1 aromatic carbocycles. The summed E-state index contributed by atoms with van der Waals surface area (Å²) in [5, 5.41) is 25.1. The molecule has 0 spiro atoms. The third kappa shape index (κ3) is 2.58. The molecule has 0 aliphatic carbocycles. The first-order valence-corrected chi connectivity index (χ1v) is 7.86. The van der Waals surface area contributed by atoms with Crippen LogP contribution in [0.1, 0.15) is 23.6 Å². The van der Waals surface area contributed by atoms with Crippen LogP contribution in [-0.2, 0) is 11.8 Å². The van der Waals surface area contributed by atoms with Gasteiger partial charge in [-0.1, -0.05) is 18.2 Å². The number of hydrazone groups is 1. The highest BCUT2D eigenvalue weighted by molar-refractivity contribution is 6.32. The molecule has 0 fully saturated rings. The normalized spacial score (nSPS) is 15.3. The van der Waals surface area contributed by atoms with Crippen molar-refractivity contribution in [3.63, 3.8) is 0 Å². The average molecular weight is 348 g/mol. The van der Waals surface area contributed by atoms with Crippen molar-refractivity contribution in [2.75, 3.05) is 5.01 Å². The highest BCUT2D eigenvalue weighted by Gasteiger charge is 2.29. The first-order chi connectivity index (χ1) is 12.4. The van der Waals surface area contributed by atoms with Gasteiger partial charge in [0.2, 0.25) is 5.88 Å². The minimum Gasteiger partial charge on any atom is -0.494 e. The number of amides is 1. The Hall–Kier alpha value is -3.66. The summed E-state index contributed by atoms with van der Waals surface area (Å²) in [4.78, 5) is 24.8.